The number of rotatable bonds is 9. The van der Waals surface area contributed by atoms with Crippen LogP contribution in [0.5, 0.6) is 17.4 Å². The molecule has 13 heteroatoms. The molecule has 1 saturated heterocycles. The van der Waals surface area contributed by atoms with E-state index in [4.69, 9.17) is 9.47 Å². The largest absolute Gasteiger partial charge is 0.490 e. The Morgan fingerprint density at radius 2 is 1.68 bits per heavy atom. The summed E-state index contributed by atoms with van der Waals surface area (Å²) >= 11 is 0.787. The molecule has 1 aliphatic rings. The third-order valence-electron chi connectivity index (χ3n) is 5.07. The molecule has 0 aliphatic carbocycles. The van der Waals surface area contributed by atoms with Crippen LogP contribution in [0.2, 0.25) is 0 Å². The summed E-state index contributed by atoms with van der Waals surface area (Å²) in [6, 6.07) is 13.1. The number of amides is 2. The highest BCUT2D eigenvalue weighted by atomic mass is 32.2. The zero-order chi connectivity index (χ0) is 26.5. The van der Waals surface area contributed by atoms with Gasteiger partial charge in [-0.1, -0.05) is 18.2 Å². The Kier molecular flexibility index (Phi) is 7.44. The van der Waals surface area contributed by atoms with Crippen LogP contribution in [0.15, 0.2) is 65.7 Å². The average Bonchev–Trinajstić information content (AvgIpc) is 3.13. The number of hydrogen-bond donors (Lipinski definition) is 0. The predicted molar refractivity (Wildman–Crippen MR) is 133 cm³/mol. The fourth-order valence-corrected chi connectivity index (χ4v) is 4.15. The molecule has 0 saturated carbocycles. The summed E-state index contributed by atoms with van der Waals surface area (Å²) in [6.07, 6.45) is 2.63. The van der Waals surface area contributed by atoms with Crippen molar-refractivity contribution >= 4 is 40.4 Å². The minimum Gasteiger partial charge on any atom is -0.490 e. The van der Waals surface area contributed by atoms with Crippen molar-refractivity contribution < 1.29 is 28.9 Å². The van der Waals surface area contributed by atoms with E-state index in [-0.39, 0.29) is 28.7 Å². The number of nitrogens with zero attached hydrogens (tertiary/aromatic N) is 4. The first-order valence-electron chi connectivity index (χ1n) is 10.8. The maximum Gasteiger partial charge on any atom is 0.293 e. The third kappa shape index (κ3) is 5.90. The van der Waals surface area contributed by atoms with Crippen LogP contribution in [0.25, 0.3) is 6.08 Å². The molecule has 37 heavy (non-hydrogen) atoms. The predicted octanol–water partition coefficient (Wildman–Crippen LogP) is 5.33. The quantitative estimate of drug-likeness (QED) is 0.205. The van der Waals surface area contributed by atoms with E-state index >= 15 is 0 Å². The standard InChI is InChI=1S/C24H18N4O8S/c1-2-35-20-11-16(5-9-19(20)36-22-10-8-18(13-25-22)28(33)34)12-21-23(29)26(24(30)37-21)14-15-3-6-17(7-4-15)27(31)32/h3-13H,2,14H2,1H3/b21-12-. The van der Waals surface area contributed by atoms with Crippen LogP contribution in [-0.2, 0) is 11.3 Å². The number of aromatic nitrogens is 1. The van der Waals surface area contributed by atoms with Crippen molar-refractivity contribution in [1.29, 1.82) is 0 Å². The maximum absolute atomic E-state index is 12.9. The molecule has 1 fully saturated rings. The van der Waals surface area contributed by atoms with Crippen molar-refractivity contribution in [1.82, 2.24) is 9.88 Å². The second-order valence-electron chi connectivity index (χ2n) is 7.54. The van der Waals surface area contributed by atoms with Gasteiger partial charge in [-0.3, -0.25) is 34.7 Å². The molecule has 1 aliphatic heterocycles. The van der Waals surface area contributed by atoms with Gasteiger partial charge in [-0.25, -0.2) is 4.98 Å². The van der Waals surface area contributed by atoms with E-state index in [1.807, 2.05) is 0 Å². The Morgan fingerprint density at radius 1 is 0.973 bits per heavy atom. The summed E-state index contributed by atoms with van der Waals surface area (Å²) in [4.78, 5) is 51.1. The fourth-order valence-electron chi connectivity index (χ4n) is 3.31. The van der Waals surface area contributed by atoms with Crippen molar-refractivity contribution in [2.24, 2.45) is 0 Å². The number of pyridine rings is 1. The highest BCUT2D eigenvalue weighted by Crippen LogP contribution is 2.36. The summed E-state index contributed by atoms with van der Waals surface area (Å²) in [5.74, 6) is 0.307. The topological polar surface area (TPSA) is 155 Å². The van der Waals surface area contributed by atoms with Crippen LogP contribution in [0.3, 0.4) is 0 Å². The third-order valence-corrected chi connectivity index (χ3v) is 5.98. The Hall–Kier alpha value is -4.78. The van der Waals surface area contributed by atoms with E-state index in [0.29, 0.717) is 29.2 Å². The van der Waals surface area contributed by atoms with Gasteiger partial charge in [0.2, 0.25) is 5.88 Å². The van der Waals surface area contributed by atoms with Crippen molar-refractivity contribution in [2.75, 3.05) is 6.61 Å². The van der Waals surface area contributed by atoms with E-state index in [9.17, 15) is 29.8 Å². The summed E-state index contributed by atoms with van der Waals surface area (Å²) in [5.41, 5.74) is 0.900. The van der Waals surface area contributed by atoms with Crippen LogP contribution in [0, 0.1) is 20.2 Å². The Balaban J connectivity index is 1.51. The summed E-state index contributed by atoms with van der Waals surface area (Å²) in [7, 11) is 0. The number of nitro benzene ring substituents is 1. The SMILES string of the molecule is CCOc1cc(/C=C2\SC(=O)N(Cc3ccc([N+](=O)[O-])cc3)C2=O)ccc1Oc1ccc([N+](=O)[O-])cn1. The molecular weight excluding hydrogens is 504 g/mol. The van der Waals surface area contributed by atoms with Gasteiger partial charge >= 0.3 is 0 Å². The zero-order valence-electron chi connectivity index (χ0n) is 19.2. The minimum absolute atomic E-state index is 0.0147. The molecule has 4 rings (SSSR count). The second-order valence-corrected chi connectivity index (χ2v) is 8.54. The normalized spacial score (nSPS) is 14.2. The number of benzene rings is 2. The molecule has 2 amide bonds. The highest BCUT2D eigenvalue weighted by molar-refractivity contribution is 8.18. The maximum atomic E-state index is 12.9. The Bertz CT molecular complexity index is 1410. The lowest BCUT2D eigenvalue weighted by Crippen LogP contribution is -2.27. The number of thioether (sulfide) groups is 1. The molecule has 0 unspecified atom stereocenters. The van der Waals surface area contributed by atoms with E-state index in [1.165, 1.54) is 36.4 Å². The van der Waals surface area contributed by atoms with Gasteiger partial charge in [0.25, 0.3) is 22.5 Å². The monoisotopic (exact) mass is 522 g/mol. The first-order valence-corrected chi connectivity index (χ1v) is 11.6. The number of hydrogen-bond acceptors (Lipinski definition) is 10. The van der Waals surface area contributed by atoms with Crippen molar-refractivity contribution in [3.63, 3.8) is 0 Å². The van der Waals surface area contributed by atoms with Crippen LogP contribution in [0.4, 0.5) is 16.2 Å². The van der Waals surface area contributed by atoms with Gasteiger partial charge in [-0.05, 0) is 48.0 Å². The molecular formula is C24H18N4O8S. The summed E-state index contributed by atoms with van der Waals surface area (Å²) in [5, 5.41) is 21.2. The van der Waals surface area contributed by atoms with Gasteiger partial charge in [0.1, 0.15) is 6.20 Å². The molecule has 3 aromatic rings. The van der Waals surface area contributed by atoms with Gasteiger partial charge in [0.05, 0.1) is 27.9 Å². The molecule has 0 bridgehead atoms. The van der Waals surface area contributed by atoms with E-state index in [2.05, 4.69) is 4.98 Å². The molecule has 0 radical (unpaired) electrons. The number of nitro groups is 2. The van der Waals surface area contributed by atoms with Crippen LogP contribution >= 0.6 is 11.8 Å². The number of imide groups is 1. The Labute approximate surface area is 213 Å². The molecule has 2 heterocycles. The second kappa shape index (κ2) is 10.9. The van der Waals surface area contributed by atoms with Crippen LogP contribution in [0.1, 0.15) is 18.1 Å². The zero-order valence-corrected chi connectivity index (χ0v) is 20.0. The highest BCUT2D eigenvalue weighted by Gasteiger charge is 2.35. The van der Waals surface area contributed by atoms with Crippen LogP contribution < -0.4 is 9.47 Å². The lowest BCUT2D eigenvalue weighted by molar-refractivity contribution is -0.385. The van der Waals surface area contributed by atoms with E-state index in [1.54, 1.807) is 31.2 Å². The number of ether oxygens (including phenoxy) is 2. The van der Waals surface area contributed by atoms with Gasteiger partial charge in [0.15, 0.2) is 11.5 Å². The molecule has 0 atom stereocenters. The Morgan fingerprint density at radius 3 is 2.30 bits per heavy atom. The lowest BCUT2D eigenvalue weighted by Gasteiger charge is -2.12. The molecule has 0 N–H and O–H groups in total. The van der Waals surface area contributed by atoms with Crippen molar-refractivity contribution in [2.45, 2.75) is 13.5 Å². The van der Waals surface area contributed by atoms with Gasteiger partial charge < -0.3 is 9.47 Å². The van der Waals surface area contributed by atoms with Gasteiger partial charge in [-0.15, -0.1) is 0 Å². The summed E-state index contributed by atoms with van der Waals surface area (Å²) < 4.78 is 11.4. The van der Waals surface area contributed by atoms with Gasteiger partial charge in [-0.2, -0.15) is 0 Å². The fraction of sp³-hybridized carbons (Fsp3) is 0.125. The first-order chi connectivity index (χ1) is 17.7. The molecule has 1 aromatic heterocycles. The van der Waals surface area contributed by atoms with Crippen molar-refractivity contribution in [3.05, 3.63) is 97.1 Å². The van der Waals surface area contributed by atoms with Crippen LogP contribution in [-0.4, -0.2) is 37.5 Å². The molecule has 188 valence electrons. The number of non-ortho nitro benzene ring substituents is 1. The van der Waals surface area contributed by atoms with Crippen molar-refractivity contribution in [3.8, 4) is 17.4 Å². The summed E-state index contributed by atoms with van der Waals surface area (Å²) in [6.45, 7) is 2.09. The molecule has 0 spiro atoms. The molecule has 12 nitrogen and oxygen atoms in total. The number of carbonyl (C=O) groups is 2. The van der Waals surface area contributed by atoms with E-state index in [0.717, 1.165) is 22.9 Å². The number of carbonyl (C=O) groups excluding carboxylic acids is 2. The lowest BCUT2D eigenvalue weighted by atomic mass is 10.1. The average molecular weight is 522 g/mol. The minimum atomic E-state index is -0.565. The van der Waals surface area contributed by atoms with E-state index < -0.39 is 21.0 Å². The smallest absolute Gasteiger partial charge is 0.293 e. The van der Waals surface area contributed by atoms with Gasteiger partial charge in [0, 0.05) is 24.3 Å². The molecule has 2 aromatic carbocycles. The first kappa shape index (κ1) is 25.3.